The zero-order valence-electron chi connectivity index (χ0n) is 23.0. The van der Waals surface area contributed by atoms with E-state index >= 15 is 0 Å². The normalized spacial score (nSPS) is 14.4. The van der Waals surface area contributed by atoms with Gasteiger partial charge in [-0.3, -0.25) is 0 Å². The smallest absolute Gasteiger partial charge is 0.406 e. The number of benzene rings is 2. The number of piperidine rings is 1. The van der Waals surface area contributed by atoms with Crippen LogP contribution in [0.25, 0.3) is 10.9 Å². The zero-order chi connectivity index (χ0) is 28.7. The maximum Gasteiger partial charge on any atom is 0.406 e. The highest BCUT2D eigenvalue weighted by Crippen LogP contribution is 2.31. The van der Waals surface area contributed by atoms with Crippen LogP contribution in [0, 0.1) is 11.8 Å². The first-order valence-electron chi connectivity index (χ1n) is 13.5. The van der Waals surface area contributed by atoms with Crippen LogP contribution in [0.3, 0.4) is 0 Å². The average molecular weight is 557 g/mol. The van der Waals surface area contributed by atoms with E-state index in [0.29, 0.717) is 22.5 Å². The molecule has 7 nitrogen and oxygen atoms in total. The Labute approximate surface area is 232 Å². The number of aromatic nitrogens is 1. The van der Waals surface area contributed by atoms with Gasteiger partial charge in [-0.2, -0.15) is 13.2 Å². The van der Waals surface area contributed by atoms with E-state index in [0.717, 1.165) is 43.5 Å². The van der Waals surface area contributed by atoms with Crippen LogP contribution in [-0.2, 0) is 11.3 Å². The van der Waals surface area contributed by atoms with Crippen molar-refractivity contribution in [1.29, 1.82) is 0 Å². The van der Waals surface area contributed by atoms with E-state index in [4.69, 9.17) is 9.47 Å². The number of rotatable bonds is 9. The summed E-state index contributed by atoms with van der Waals surface area (Å²) < 4.78 is 52.3. The molecule has 0 atom stereocenters. The van der Waals surface area contributed by atoms with Crippen LogP contribution in [0.1, 0.15) is 42.7 Å². The lowest BCUT2D eigenvalue weighted by atomic mass is 10.0. The summed E-state index contributed by atoms with van der Waals surface area (Å²) in [4.78, 5) is 14.4. The van der Waals surface area contributed by atoms with E-state index in [2.05, 4.69) is 34.3 Å². The van der Waals surface area contributed by atoms with E-state index in [1.54, 1.807) is 43.3 Å². The van der Waals surface area contributed by atoms with Gasteiger partial charge in [0.05, 0.1) is 42.7 Å². The first-order valence-corrected chi connectivity index (χ1v) is 13.5. The monoisotopic (exact) mass is 556 g/mol. The van der Waals surface area contributed by atoms with Gasteiger partial charge in [0, 0.05) is 30.2 Å². The molecular formula is C30H35F3N4O3. The second-order valence-corrected chi connectivity index (χ2v) is 9.61. The minimum atomic E-state index is -4.40. The molecule has 0 aliphatic carbocycles. The Morgan fingerprint density at radius 2 is 1.88 bits per heavy atom. The van der Waals surface area contributed by atoms with Crippen molar-refractivity contribution in [3.63, 3.8) is 0 Å². The summed E-state index contributed by atoms with van der Waals surface area (Å²) in [7, 11) is 1.48. The van der Waals surface area contributed by atoms with Crippen molar-refractivity contribution >= 4 is 28.2 Å². The van der Waals surface area contributed by atoms with E-state index < -0.39 is 18.7 Å². The Balaban J connectivity index is 1.55. The molecule has 1 fully saturated rings. The summed E-state index contributed by atoms with van der Waals surface area (Å²) in [6.45, 7) is 6.18. The fraction of sp³-hybridized carbons (Fsp3) is 0.433. The van der Waals surface area contributed by atoms with Crippen LogP contribution in [0.15, 0.2) is 42.5 Å². The van der Waals surface area contributed by atoms with Gasteiger partial charge in [0.25, 0.3) is 0 Å². The predicted molar refractivity (Wildman–Crippen MR) is 151 cm³/mol. The maximum atomic E-state index is 13.6. The average Bonchev–Trinajstić information content (AvgIpc) is 3.28. The largest absolute Gasteiger partial charge is 0.495 e. The van der Waals surface area contributed by atoms with E-state index in [9.17, 15) is 18.0 Å². The third-order valence-electron chi connectivity index (χ3n) is 6.97. The molecule has 0 bridgehead atoms. The van der Waals surface area contributed by atoms with Gasteiger partial charge in [-0.15, -0.1) is 0 Å². The van der Waals surface area contributed by atoms with Crippen molar-refractivity contribution in [2.75, 3.05) is 50.5 Å². The lowest BCUT2D eigenvalue weighted by Gasteiger charge is -2.32. The highest BCUT2D eigenvalue weighted by Gasteiger charge is 2.30. The lowest BCUT2D eigenvalue weighted by Crippen LogP contribution is -2.38. The van der Waals surface area contributed by atoms with Crippen molar-refractivity contribution in [2.45, 2.75) is 45.5 Å². The highest BCUT2D eigenvalue weighted by atomic mass is 19.4. The molecule has 2 N–H and O–H groups in total. The molecule has 0 saturated carbocycles. The van der Waals surface area contributed by atoms with Gasteiger partial charge < -0.3 is 29.6 Å². The van der Waals surface area contributed by atoms with Crippen LogP contribution in [0.5, 0.6) is 5.75 Å². The molecular weight excluding hydrogens is 521 g/mol. The van der Waals surface area contributed by atoms with Gasteiger partial charge in [-0.05, 0) is 68.6 Å². The minimum Gasteiger partial charge on any atom is -0.495 e. The fourth-order valence-electron chi connectivity index (χ4n) is 4.93. The molecule has 2 heterocycles. The number of methoxy groups -OCH3 is 1. The molecule has 1 saturated heterocycles. The van der Waals surface area contributed by atoms with Crippen molar-refractivity contribution in [3.05, 3.63) is 53.7 Å². The van der Waals surface area contributed by atoms with Gasteiger partial charge in [0.1, 0.15) is 12.3 Å². The number of esters is 1. The van der Waals surface area contributed by atoms with Gasteiger partial charge >= 0.3 is 12.1 Å². The number of nitrogens with zero attached hydrogens (tertiary/aromatic N) is 2. The SMILES string of the molecule is CCOC(=O)c1ccc(NCC#Cc2cc3c(NC4CCN(CC)CC4)cccc3n2CC(F)(F)F)c(OC)c1. The van der Waals surface area contributed by atoms with Crippen LogP contribution in [0.4, 0.5) is 24.5 Å². The van der Waals surface area contributed by atoms with E-state index in [1.807, 2.05) is 6.07 Å². The molecule has 3 aromatic rings. The number of nitrogens with one attached hydrogen (secondary N) is 2. The predicted octanol–water partition coefficient (Wildman–Crippen LogP) is 5.75. The summed E-state index contributed by atoms with van der Waals surface area (Å²) >= 11 is 0. The number of halogens is 3. The number of hydrogen-bond acceptors (Lipinski definition) is 6. The number of anilines is 2. The van der Waals surface area contributed by atoms with Crippen molar-refractivity contribution in [2.24, 2.45) is 0 Å². The molecule has 40 heavy (non-hydrogen) atoms. The van der Waals surface area contributed by atoms with Crippen LogP contribution < -0.4 is 15.4 Å². The molecule has 0 unspecified atom stereocenters. The second kappa shape index (κ2) is 13.0. The second-order valence-electron chi connectivity index (χ2n) is 9.61. The molecule has 10 heteroatoms. The molecule has 0 radical (unpaired) electrons. The summed E-state index contributed by atoms with van der Waals surface area (Å²) in [5.74, 6) is 5.84. The topological polar surface area (TPSA) is 67.8 Å². The summed E-state index contributed by atoms with van der Waals surface area (Å²) in [6, 6.07) is 12.2. The van der Waals surface area contributed by atoms with Crippen LogP contribution >= 0.6 is 0 Å². The zero-order valence-corrected chi connectivity index (χ0v) is 23.0. The summed E-state index contributed by atoms with van der Waals surface area (Å²) in [5, 5.41) is 7.39. The summed E-state index contributed by atoms with van der Waals surface area (Å²) in [5.41, 5.74) is 2.55. The first kappa shape index (κ1) is 29.2. The molecule has 1 aliphatic rings. The number of hydrogen-bond donors (Lipinski definition) is 2. The number of carbonyl (C=O) groups excluding carboxylic acids is 1. The molecule has 4 rings (SSSR count). The van der Waals surface area contributed by atoms with Crippen molar-refractivity contribution in [3.8, 4) is 17.6 Å². The minimum absolute atomic E-state index is 0.157. The Bertz CT molecular complexity index is 1380. The number of fused-ring (bicyclic) bond motifs is 1. The third-order valence-corrected chi connectivity index (χ3v) is 6.97. The van der Waals surface area contributed by atoms with Crippen LogP contribution in [-0.4, -0.2) is 67.6 Å². The number of likely N-dealkylation sites (tertiary alicyclic amines) is 1. The molecule has 0 amide bonds. The standard InChI is InChI=1S/C30H35F3N4O3/c1-4-36-16-13-22(14-17-36)35-25-9-6-10-27-24(25)19-23(37(27)20-30(31,32)33)8-7-15-34-26-12-11-21(18-28(26)39-3)29(38)40-5-2/h6,9-12,18-19,22,34-35H,4-5,13-17,20H2,1-3H3. The van der Waals surface area contributed by atoms with Gasteiger partial charge in [-0.25, -0.2) is 4.79 Å². The van der Waals surface area contributed by atoms with Crippen LogP contribution in [0.2, 0.25) is 0 Å². The van der Waals surface area contributed by atoms with Crippen molar-refractivity contribution in [1.82, 2.24) is 9.47 Å². The molecule has 1 aromatic heterocycles. The summed E-state index contributed by atoms with van der Waals surface area (Å²) in [6.07, 6.45) is -2.43. The Kier molecular flexibility index (Phi) is 9.48. The van der Waals surface area contributed by atoms with Gasteiger partial charge in [-0.1, -0.05) is 18.9 Å². The van der Waals surface area contributed by atoms with Gasteiger partial charge in [0.15, 0.2) is 0 Å². The Morgan fingerprint density at radius 1 is 1.10 bits per heavy atom. The molecule has 2 aromatic carbocycles. The molecule has 0 spiro atoms. The first-order chi connectivity index (χ1) is 19.2. The van der Waals surface area contributed by atoms with Gasteiger partial charge in [0.2, 0.25) is 0 Å². The fourth-order valence-corrected chi connectivity index (χ4v) is 4.93. The molecule has 214 valence electrons. The quantitative estimate of drug-likeness (QED) is 0.259. The van der Waals surface area contributed by atoms with Crippen molar-refractivity contribution < 1.29 is 27.4 Å². The molecule has 1 aliphatic heterocycles. The Hall–Kier alpha value is -3.84. The Morgan fingerprint density at radius 3 is 2.55 bits per heavy atom. The lowest BCUT2D eigenvalue weighted by molar-refractivity contribution is -0.140. The number of alkyl halides is 3. The number of carbonyl (C=O) groups is 1. The van der Waals surface area contributed by atoms with E-state index in [1.165, 1.54) is 11.7 Å². The maximum absolute atomic E-state index is 13.6. The highest BCUT2D eigenvalue weighted by molar-refractivity contribution is 5.94. The number of ether oxygens (including phenoxy) is 2. The van der Waals surface area contributed by atoms with E-state index in [-0.39, 0.29) is 24.9 Å². The third kappa shape index (κ3) is 7.21.